The molecule has 1 saturated heterocycles. The molecule has 0 aliphatic carbocycles. The number of rotatable bonds is 5. The predicted octanol–water partition coefficient (Wildman–Crippen LogP) is 3.66. The molecule has 0 radical (unpaired) electrons. The molecule has 3 rings (SSSR count). The number of hydrogen-bond donors (Lipinski definition) is 4. The third-order valence-corrected chi connectivity index (χ3v) is 7.57. The molecule has 1 fully saturated rings. The molecule has 4 N–H and O–H groups in total. The van der Waals surface area contributed by atoms with E-state index in [9.17, 15) is 20.1 Å². The Hall–Kier alpha value is -1.57. The lowest BCUT2D eigenvalue weighted by atomic mass is 9.91. The summed E-state index contributed by atoms with van der Waals surface area (Å²) in [4.78, 5) is 12.8. The van der Waals surface area contributed by atoms with E-state index < -0.39 is 17.5 Å². The fourth-order valence-electron chi connectivity index (χ4n) is 3.50. The largest absolute Gasteiger partial charge is 0.395 e. The van der Waals surface area contributed by atoms with Crippen LogP contribution in [0.15, 0.2) is 42.5 Å². The van der Waals surface area contributed by atoms with E-state index in [1.54, 1.807) is 18.2 Å². The van der Waals surface area contributed by atoms with Crippen LogP contribution in [0.3, 0.4) is 0 Å². The minimum Gasteiger partial charge on any atom is -0.395 e. The Morgan fingerprint density at radius 1 is 1.14 bits per heavy atom. The lowest BCUT2D eigenvalue weighted by molar-refractivity contribution is -0.0239. The van der Waals surface area contributed by atoms with Crippen molar-refractivity contribution >= 4 is 35.0 Å². The number of hydrogen-bond acceptors (Lipinski definition) is 5. The van der Waals surface area contributed by atoms with Gasteiger partial charge in [0.2, 0.25) is 0 Å². The molecule has 1 amide bonds. The van der Waals surface area contributed by atoms with Crippen molar-refractivity contribution < 1.29 is 20.1 Å². The first-order valence-corrected chi connectivity index (χ1v) is 11.0. The van der Waals surface area contributed by atoms with E-state index in [0.29, 0.717) is 21.8 Å². The normalized spacial score (nSPS) is 26.9. The van der Waals surface area contributed by atoms with Gasteiger partial charge in [-0.2, -0.15) is 0 Å². The van der Waals surface area contributed by atoms with Crippen LogP contribution in [-0.4, -0.2) is 45.3 Å². The van der Waals surface area contributed by atoms with Crippen molar-refractivity contribution in [3.05, 3.63) is 64.2 Å². The van der Waals surface area contributed by atoms with Crippen LogP contribution in [0.25, 0.3) is 0 Å². The zero-order valence-electron chi connectivity index (χ0n) is 16.4. The number of aryl methyl sites for hydroxylation is 1. The summed E-state index contributed by atoms with van der Waals surface area (Å²) in [7, 11) is 0. The van der Waals surface area contributed by atoms with E-state index >= 15 is 0 Å². The van der Waals surface area contributed by atoms with Gasteiger partial charge in [0.15, 0.2) is 0 Å². The molecule has 0 spiro atoms. The maximum atomic E-state index is 12.8. The van der Waals surface area contributed by atoms with E-state index in [2.05, 4.69) is 12.2 Å². The van der Waals surface area contributed by atoms with Gasteiger partial charge in [-0.1, -0.05) is 43.6 Å². The van der Waals surface area contributed by atoms with Gasteiger partial charge in [0, 0.05) is 10.9 Å². The maximum Gasteiger partial charge on any atom is 0.257 e. The molecule has 5 atom stereocenters. The van der Waals surface area contributed by atoms with Crippen molar-refractivity contribution in [2.45, 2.75) is 43.0 Å². The van der Waals surface area contributed by atoms with Gasteiger partial charge < -0.3 is 20.6 Å². The summed E-state index contributed by atoms with van der Waals surface area (Å²) in [6, 6.07) is 12.6. The number of aliphatic hydroxyl groups is 3. The third kappa shape index (κ3) is 4.78. The van der Waals surface area contributed by atoms with E-state index in [1.807, 2.05) is 31.2 Å². The average Bonchev–Trinajstić information content (AvgIpc) is 2.73. The summed E-state index contributed by atoms with van der Waals surface area (Å²) in [5.74, 6) is -0.582. The first-order chi connectivity index (χ1) is 13.8. The second kappa shape index (κ2) is 9.49. The zero-order chi connectivity index (χ0) is 21.1. The molecular weight excluding hydrogens is 410 g/mol. The van der Waals surface area contributed by atoms with Gasteiger partial charge in [-0.3, -0.25) is 4.79 Å². The number of carbonyl (C=O) groups is 1. The molecule has 0 saturated carbocycles. The average molecular weight is 436 g/mol. The smallest absolute Gasteiger partial charge is 0.257 e. The standard InChI is InChI=1S/C22H26ClNO4S/c1-3-13-4-7-15(8-5-13)24-22(28)16-10-14(6-9-17(16)23)21-20(27)19(26)12(2)18(11-25)29-21/h4-10,12,18-21,25-27H,3,11H2,1-2H3,(H,24,28)/t12-,18-,19+,20-,21+/m1/s1. The number of carbonyl (C=O) groups excluding carboxylic acids is 1. The first kappa shape index (κ1) is 22.1. The van der Waals surface area contributed by atoms with Crippen molar-refractivity contribution in [2.24, 2.45) is 5.92 Å². The quantitative estimate of drug-likeness (QED) is 0.575. The molecule has 1 aliphatic rings. The van der Waals surface area contributed by atoms with Crippen LogP contribution in [-0.2, 0) is 6.42 Å². The lowest BCUT2D eigenvalue weighted by Gasteiger charge is -2.40. The molecule has 1 heterocycles. The monoisotopic (exact) mass is 435 g/mol. The van der Waals surface area contributed by atoms with Crippen molar-refractivity contribution in [1.29, 1.82) is 0 Å². The Balaban J connectivity index is 1.84. The number of halogens is 1. The van der Waals surface area contributed by atoms with Crippen LogP contribution < -0.4 is 5.32 Å². The summed E-state index contributed by atoms with van der Waals surface area (Å²) < 4.78 is 0. The fourth-order valence-corrected chi connectivity index (χ4v) is 5.20. The minimum absolute atomic E-state index is 0.0964. The van der Waals surface area contributed by atoms with Gasteiger partial charge in [0.1, 0.15) is 0 Å². The molecule has 2 aromatic carbocycles. The summed E-state index contributed by atoms with van der Waals surface area (Å²) in [6.45, 7) is 3.78. The van der Waals surface area contributed by atoms with Crippen molar-refractivity contribution in [3.8, 4) is 0 Å². The number of anilines is 1. The second-order valence-electron chi connectivity index (χ2n) is 7.36. The van der Waals surface area contributed by atoms with Crippen LogP contribution in [0.5, 0.6) is 0 Å². The number of amides is 1. The van der Waals surface area contributed by atoms with Crippen LogP contribution in [0.2, 0.25) is 5.02 Å². The van der Waals surface area contributed by atoms with Crippen molar-refractivity contribution in [2.75, 3.05) is 11.9 Å². The highest BCUT2D eigenvalue weighted by Crippen LogP contribution is 2.45. The van der Waals surface area contributed by atoms with Crippen LogP contribution in [0, 0.1) is 5.92 Å². The van der Waals surface area contributed by atoms with Gasteiger partial charge in [-0.15, -0.1) is 11.8 Å². The van der Waals surface area contributed by atoms with Crippen LogP contribution in [0.4, 0.5) is 5.69 Å². The summed E-state index contributed by atoms with van der Waals surface area (Å²) >= 11 is 7.67. The molecule has 0 aromatic heterocycles. The van der Waals surface area contributed by atoms with Gasteiger partial charge in [0.25, 0.3) is 5.91 Å². The summed E-state index contributed by atoms with van der Waals surface area (Å²) in [5.41, 5.74) is 2.83. The van der Waals surface area contributed by atoms with E-state index in [-0.39, 0.29) is 23.7 Å². The van der Waals surface area contributed by atoms with E-state index in [0.717, 1.165) is 6.42 Å². The second-order valence-corrected chi connectivity index (χ2v) is 9.15. The number of thioether (sulfide) groups is 1. The molecule has 0 unspecified atom stereocenters. The molecule has 2 aromatic rings. The predicted molar refractivity (Wildman–Crippen MR) is 118 cm³/mol. The van der Waals surface area contributed by atoms with E-state index in [4.69, 9.17) is 11.6 Å². The number of nitrogens with one attached hydrogen (secondary N) is 1. The van der Waals surface area contributed by atoms with Crippen LogP contribution >= 0.6 is 23.4 Å². The van der Waals surface area contributed by atoms with Gasteiger partial charge in [-0.05, 0) is 47.7 Å². The molecule has 0 bridgehead atoms. The molecule has 7 heteroatoms. The Morgan fingerprint density at radius 2 is 1.83 bits per heavy atom. The third-order valence-electron chi connectivity index (χ3n) is 5.47. The molecule has 156 valence electrons. The van der Waals surface area contributed by atoms with E-state index in [1.165, 1.54) is 17.3 Å². The summed E-state index contributed by atoms with van der Waals surface area (Å²) in [6.07, 6.45) is -1.04. The topological polar surface area (TPSA) is 89.8 Å². The van der Waals surface area contributed by atoms with Gasteiger partial charge in [-0.25, -0.2) is 0 Å². The highest BCUT2D eigenvalue weighted by Gasteiger charge is 2.42. The highest BCUT2D eigenvalue weighted by molar-refractivity contribution is 8.00. The fraction of sp³-hybridized carbons (Fsp3) is 0.409. The Morgan fingerprint density at radius 3 is 2.45 bits per heavy atom. The van der Waals surface area contributed by atoms with Gasteiger partial charge in [0.05, 0.1) is 34.7 Å². The Bertz CT molecular complexity index is 858. The number of aliphatic hydroxyl groups excluding tert-OH is 3. The minimum atomic E-state index is -1.00. The Kier molecular flexibility index (Phi) is 7.24. The first-order valence-electron chi connectivity index (χ1n) is 9.67. The molecule has 29 heavy (non-hydrogen) atoms. The number of benzene rings is 2. The molecule has 5 nitrogen and oxygen atoms in total. The van der Waals surface area contributed by atoms with Gasteiger partial charge >= 0.3 is 0 Å². The van der Waals surface area contributed by atoms with Crippen LogP contribution in [0.1, 0.15) is 40.6 Å². The highest BCUT2D eigenvalue weighted by atomic mass is 35.5. The van der Waals surface area contributed by atoms with Crippen molar-refractivity contribution in [3.63, 3.8) is 0 Å². The lowest BCUT2D eigenvalue weighted by Crippen LogP contribution is -2.46. The SMILES string of the molecule is CCc1ccc(NC(=O)c2cc([C@@H]3S[C@H](CO)[C@@H](C)[C@H](O)[C@H]3O)ccc2Cl)cc1. The molecule has 1 aliphatic heterocycles. The molecular formula is C22H26ClNO4S. The maximum absolute atomic E-state index is 12.8. The van der Waals surface area contributed by atoms with Crippen molar-refractivity contribution in [1.82, 2.24) is 0 Å². The zero-order valence-corrected chi connectivity index (χ0v) is 18.0. The summed E-state index contributed by atoms with van der Waals surface area (Å²) in [5, 5.41) is 33.0. The Labute approximate surface area is 180 Å².